The monoisotopic (exact) mass is 299 g/mol. The third kappa shape index (κ3) is 3.13. The van der Waals surface area contributed by atoms with Crippen LogP contribution < -0.4 is 5.32 Å². The molecule has 1 aromatic heterocycles. The maximum absolute atomic E-state index is 12.1. The molecule has 0 aliphatic carbocycles. The van der Waals surface area contributed by atoms with Crippen molar-refractivity contribution in [1.29, 1.82) is 0 Å². The normalized spacial score (nSPS) is 17.8. The average Bonchev–Trinajstić information content (AvgIpc) is 3.12. The lowest BCUT2D eigenvalue weighted by Crippen LogP contribution is -2.28. The van der Waals surface area contributed by atoms with Gasteiger partial charge in [-0.15, -0.1) is 0 Å². The second-order valence-corrected chi connectivity index (χ2v) is 5.48. The Bertz CT molecular complexity index is 666. The van der Waals surface area contributed by atoms with E-state index in [0.29, 0.717) is 19.0 Å². The lowest BCUT2D eigenvalue weighted by atomic mass is 10.1. The molecule has 0 bridgehead atoms. The van der Waals surface area contributed by atoms with Crippen molar-refractivity contribution in [2.45, 2.75) is 19.9 Å². The van der Waals surface area contributed by atoms with E-state index >= 15 is 0 Å². The van der Waals surface area contributed by atoms with Gasteiger partial charge in [-0.05, 0) is 12.5 Å². The summed E-state index contributed by atoms with van der Waals surface area (Å²) in [5.41, 5.74) is 2.25. The predicted octanol–water partition coefficient (Wildman–Crippen LogP) is 1.10. The van der Waals surface area contributed by atoms with E-state index in [4.69, 9.17) is 0 Å². The maximum atomic E-state index is 12.1. The second-order valence-electron chi connectivity index (χ2n) is 5.48. The number of carbonyl (C=O) groups is 2. The first-order valence-corrected chi connectivity index (χ1v) is 7.11. The minimum atomic E-state index is -0.358. The molecule has 0 spiro atoms. The van der Waals surface area contributed by atoms with E-state index in [0.717, 1.165) is 5.56 Å². The second kappa shape index (κ2) is 5.97. The van der Waals surface area contributed by atoms with Gasteiger partial charge in [-0.1, -0.05) is 29.8 Å². The van der Waals surface area contributed by atoms with Crippen LogP contribution in [0.5, 0.6) is 0 Å². The number of amides is 2. The van der Waals surface area contributed by atoms with Gasteiger partial charge in [-0.3, -0.25) is 14.9 Å². The smallest absolute Gasteiger partial charge is 0.232 e. The topological polar surface area (TPSA) is 91.0 Å². The standard InChI is InChI=1S/C15H17N5O2/c1-10-2-4-11(5-3-10)7-20-8-12(6-13(20)21)14(22)18-15-16-9-17-19-15/h2-5,9,12H,6-8H2,1H3,(H2,16,17,18,19,22)/t12-/m0/s1. The number of hydrogen-bond acceptors (Lipinski definition) is 4. The number of rotatable bonds is 4. The molecule has 1 saturated heterocycles. The number of nitrogens with zero attached hydrogens (tertiary/aromatic N) is 3. The van der Waals surface area contributed by atoms with Crippen molar-refractivity contribution in [1.82, 2.24) is 20.1 Å². The number of benzene rings is 1. The van der Waals surface area contributed by atoms with Crippen LogP contribution in [-0.2, 0) is 16.1 Å². The summed E-state index contributed by atoms with van der Waals surface area (Å²) in [5, 5.41) is 8.86. The first-order valence-electron chi connectivity index (χ1n) is 7.11. The van der Waals surface area contributed by atoms with Gasteiger partial charge in [0.15, 0.2) is 0 Å². The molecular weight excluding hydrogens is 282 g/mol. The molecule has 0 unspecified atom stereocenters. The first-order chi connectivity index (χ1) is 10.6. The van der Waals surface area contributed by atoms with Crippen molar-refractivity contribution in [2.75, 3.05) is 11.9 Å². The highest BCUT2D eigenvalue weighted by atomic mass is 16.2. The Hall–Kier alpha value is -2.70. The lowest BCUT2D eigenvalue weighted by Gasteiger charge is -2.16. The zero-order valence-corrected chi connectivity index (χ0v) is 12.2. The Kier molecular flexibility index (Phi) is 3.86. The Balaban J connectivity index is 1.60. The van der Waals surface area contributed by atoms with Crippen molar-refractivity contribution in [2.24, 2.45) is 5.92 Å². The summed E-state index contributed by atoms with van der Waals surface area (Å²) < 4.78 is 0. The molecule has 22 heavy (non-hydrogen) atoms. The highest BCUT2D eigenvalue weighted by Gasteiger charge is 2.34. The number of aromatic nitrogens is 3. The number of nitrogens with one attached hydrogen (secondary N) is 2. The number of aromatic amines is 1. The molecule has 2 aromatic rings. The summed E-state index contributed by atoms with van der Waals surface area (Å²) in [4.78, 5) is 29.8. The van der Waals surface area contributed by atoms with E-state index in [9.17, 15) is 9.59 Å². The van der Waals surface area contributed by atoms with Crippen molar-refractivity contribution in [3.63, 3.8) is 0 Å². The summed E-state index contributed by atoms with van der Waals surface area (Å²) in [6, 6.07) is 8.04. The van der Waals surface area contributed by atoms with Crippen LogP contribution >= 0.6 is 0 Å². The Morgan fingerprint density at radius 1 is 1.41 bits per heavy atom. The molecule has 2 amide bonds. The van der Waals surface area contributed by atoms with Gasteiger partial charge >= 0.3 is 0 Å². The Morgan fingerprint density at radius 3 is 2.86 bits per heavy atom. The summed E-state index contributed by atoms with van der Waals surface area (Å²) in [6.45, 7) is 2.98. The van der Waals surface area contributed by atoms with Gasteiger partial charge < -0.3 is 4.90 Å². The van der Waals surface area contributed by atoms with Gasteiger partial charge in [0.2, 0.25) is 17.8 Å². The largest absolute Gasteiger partial charge is 0.338 e. The molecule has 0 radical (unpaired) electrons. The van der Waals surface area contributed by atoms with Crippen LogP contribution in [0.2, 0.25) is 0 Å². The van der Waals surface area contributed by atoms with E-state index in [1.54, 1.807) is 4.90 Å². The fraction of sp³-hybridized carbons (Fsp3) is 0.333. The molecule has 1 fully saturated rings. The molecule has 3 rings (SSSR count). The fourth-order valence-corrected chi connectivity index (χ4v) is 2.50. The van der Waals surface area contributed by atoms with Crippen LogP contribution in [0.25, 0.3) is 0 Å². The first kappa shape index (κ1) is 14.2. The lowest BCUT2D eigenvalue weighted by molar-refractivity contribution is -0.128. The SMILES string of the molecule is Cc1ccc(CN2C[C@@H](C(=O)Nc3ncn[nH]3)CC2=O)cc1. The molecule has 1 atom stereocenters. The zero-order chi connectivity index (χ0) is 15.5. The molecule has 7 nitrogen and oxygen atoms in total. The highest BCUT2D eigenvalue weighted by molar-refractivity contribution is 5.96. The summed E-state index contributed by atoms with van der Waals surface area (Å²) >= 11 is 0. The predicted molar refractivity (Wildman–Crippen MR) is 79.7 cm³/mol. The Morgan fingerprint density at radius 2 is 2.18 bits per heavy atom. The maximum Gasteiger partial charge on any atom is 0.232 e. The van der Waals surface area contributed by atoms with E-state index in [1.807, 2.05) is 31.2 Å². The average molecular weight is 299 g/mol. The van der Waals surface area contributed by atoms with Crippen LogP contribution in [0.15, 0.2) is 30.6 Å². The van der Waals surface area contributed by atoms with Gasteiger partial charge in [0.1, 0.15) is 6.33 Å². The molecule has 114 valence electrons. The van der Waals surface area contributed by atoms with Crippen molar-refractivity contribution >= 4 is 17.8 Å². The number of aryl methyl sites for hydroxylation is 1. The molecule has 1 aliphatic rings. The van der Waals surface area contributed by atoms with Crippen molar-refractivity contribution in [3.05, 3.63) is 41.7 Å². The molecular formula is C15H17N5O2. The van der Waals surface area contributed by atoms with E-state index in [2.05, 4.69) is 20.5 Å². The molecule has 1 aliphatic heterocycles. The molecule has 7 heteroatoms. The fourth-order valence-electron chi connectivity index (χ4n) is 2.50. The van der Waals surface area contributed by atoms with Crippen LogP contribution in [0.4, 0.5) is 5.95 Å². The van der Waals surface area contributed by atoms with Crippen LogP contribution in [0, 0.1) is 12.8 Å². The van der Waals surface area contributed by atoms with Gasteiger partial charge in [-0.25, -0.2) is 5.10 Å². The minimum Gasteiger partial charge on any atom is -0.338 e. The third-order valence-electron chi connectivity index (χ3n) is 3.74. The number of hydrogen-bond donors (Lipinski definition) is 2. The number of likely N-dealkylation sites (tertiary alicyclic amines) is 1. The van der Waals surface area contributed by atoms with Gasteiger partial charge in [-0.2, -0.15) is 10.1 Å². The zero-order valence-electron chi connectivity index (χ0n) is 12.2. The van der Waals surface area contributed by atoms with E-state index in [1.165, 1.54) is 11.9 Å². The highest BCUT2D eigenvalue weighted by Crippen LogP contribution is 2.21. The van der Waals surface area contributed by atoms with Gasteiger partial charge in [0, 0.05) is 19.5 Å². The number of H-pyrrole nitrogens is 1. The van der Waals surface area contributed by atoms with Crippen LogP contribution in [-0.4, -0.2) is 38.4 Å². The van der Waals surface area contributed by atoms with Crippen molar-refractivity contribution < 1.29 is 9.59 Å². The van der Waals surface area contributed by atoms with E-state index in [-0.39, 0.29) is 24.2 Å². The minimum absolute atomic E-state index is 0.00158. The molecule has 0 saturated carbocycles. The van der Waals surface area contributed by atoms with E-state index < -0.39 is 0 Å². The quantitative estimate of drug-likeness (QED) is 0.884. The van der Waals surface area contributed by atoms with Gasteiger partial charge in [0.25, 0.3) is 0 Å². The summed E-state index contributed by atoms with van der Waals surface area (Å²) in [5.74, 6) is -0.271. The van der Waals surface area contributed by atoms with Crippen LogP contribution in [0.3, 0.4) is 0 Å². The summed E-state index contributed by atoms with van der Waals surface area (Å²) in [6.07, 6.45) is 1.55. The molecule has 2 N–H and O–H groups in total. The van der Waals surface area contributed by atoms with Crippen LogP contribution in [0.1, 0.15) is 17.5 Å². The third-order valence-corrected chi connectivity index (χ3v) is 3.74. The number of anilines is 1. The summed E-state index contributed by atoms with van der Waals surface area (Å²) in [7, 11) is 0. The Labute approximate surface area is 127 Å². The molecule has 2 heterocycles. The number of carbonyl (C=O) groups excluding carboxylic acids is 2. The molecule has 1 aromatic carbocycles. The van der Waals surface area contributed by atoms with Crippen molar-refractivity contribution in [3.8, 4) is 0 Å². The van der Waals surface area contributed by atoms with Gasteiger partial charge in [0.05, 0.1) is 5.92 Å².